The molecule has 5 nitrogen and oxygen atoms in total. The first-order valence-corrected chi connectivity index (χ1v) is 8.87. The fraction of sp³-hybridized carbons (Fsp3) is 0.579. The van der Waals surface area contributed by atoms with Gasteiger partial charge in [0, 0.05) is 32.1 Å². The number of hydrogen-bond donors (Lipinski definition) is 0. The molecule has 0 unspecified atom stereocenters. The Labute approximate surface area is 145 Å². The van der Waals surface area contributed by atoms with Gasteiger partial charge in [0.2, 0.25) is 0 Å². The highest BCUT2D eigenvalue weighted by Gasteiger charge is 2.12. The molecule has 0 spiro atoms. The van der Waals surface area contributed by atoms with Crippen LogP contribution >= 0.6 is 0 Å². The molecule has 0 bridgehead atoms. The van der Waals surface area contributed by atoms with Gasteiger partial charge in [0.15, 0.2) is 5.82 Å². The number of fused-ring (bicyclic) bond motifs is 1. The van der Waals surface area contributed by atoms with E-state index in [9.17, 15) is 0 Å². The molecule has 1 aliphatic heterocycles. The average molecular weight is 330 g/mol. The molecule has 24 heavy (non-hydrogen) atoms. The molecule has 1 aliphatic rings. The zero-order valence-electron chi connectivity index (χ0n) is 15.5. The van der Waals surface area contributed by atoms with Gasteiger partial charge in [-0.25, -0.2) is 9.67 Å². The Hall–Kier alpha value is -2.04. The fourth-order valence-electron chi connectivity index (χ4n) is 2.87. The van der Waals surface area contributed by atoms with Gasteiger partial charge in [-0.3, -0.25) is 0 Å². The van der Waals surface area contributed by atoms with Gasteiger partial charge in [0.05, 0.1) is 12.8 Å². The Bertz CT molecular complexity index is 585. The quantitative estimate of drug-likeness (QED) is 0.563. The second kappa shape index (κ2) is 9.30. The van der Waals surface area contributed by atoms with E-state index < -0.39 is 0 Å². The van der Waals surface area contributed by atoms with Crippen molar-refractivity contribution in [3.8, 4) is 0 Å². The molecule has 0 saturated heterocycles. The van der Waals surface area contributed by atoms with Gasteiger partial charge in [0.1, 0.15) is 12.1 Å². The molecule has 2 heterocycles. The molecule has 0 radical (unpaired) electrons. The summed E-state index contributed by atoms with van der Waals surface area (Å²) in [7, 11) is 1.68. The summed E-state index contributed by atoms with van der Waals surface area (Å²) in [4.78, 5) is 6.86. The maximum Gasteiger partial charge on any atom is 0.154 e. The van der Waals surface area contributed by atoms with E-state index in [1.54, 1.807) is 13.4 Å². The first kappa shape index (κ1) is 18.3. The minimum atomic E-state index is 0.743. The van der Waals surface area contributed by atoms with Gasteiger partial charge in [-0.1, -0.05) is 18.1 Å². The minimum Gasteiger partial charge on any atom is -0.502 e. The highest BCUT2D eigenvalue weighted by molar-refractivity contribution is 5.20. The summed E-state index contributed by atoms with van der Waals surface area (Å²) >= 11 is 0. The number of aryl methyl sites for hydroxylation is 2. The van der Waals surface area contributed by atoms with Crippen LogP contribution in [0, 0.1) is 0 Å². The van der Waals surface area contributed by atoms with Crippen molar-refractivity contribution in [3.63, 3.8) is 0 Å². The van der Waals surface area contributed by atoms with Gasteiger partial charge >= 0.3 is 0 Å². The first-order chi connectivity index (χ1) is 11.6. The number of methoxy groups -OCH3 is 1. The van der Waals surface area contributed by atoms with Crippen LogP contribution in [0.2, 0.25) is 0 Å². The Morgan fingerprint density at radius 3 is 2.83 bits per heavy atom. The van der Waals surface area contributed by atoms with Crippen molar-refractivity contribution in [1.82, 2.24) is 19.7 Å². The predicted octanol–water partition coefficient (Wildman–Crippen LogP) is 3.84. The molecule has 0 N–H and O–H groups in total. The summed E-state index contributed by atoms with van der Waals surface area (Å²) in [5.41, 5.74) is 2.29. The lowest BCUT2D eigenvalue weighted by atomic mass is 10.2. The fourth-order valence-corrected chi connectivity index (χ4v) is 2.87. The van der Waals surface area contributed by atoms with Crippen molar-refractivity contribution < 1.29 is 4.74 Å². The Kier molecular flexibility index (Phi) is 7.09. The highest BCUT2D eigenvalue weighted by atomic mass is 16.5. The molecule has 0 aliphatic carbocycles. The lowest BCUT2D eigenvalue weighted by molar-refractivity contribution is 0.321. The average Bonchev–Trinajstić information content (AvgIpc) is 2.81. The first-order valence-electron chi connectivity index (χ1n) is 8.87. The second-order valence-electron chi connectivity index (χ2n) is 6.36. The van der Waals surface area contributed by atoms with Gasteiger partial charge in [-0.05, 0) is 39.7 Å². The molecule has 0 atom stereocenters. The number of ether oxygens (including phenoxy) is 1. The number of hydrogen-bond acceptors (Lipinski definition) is 4. The number of rotatable bonds is 7. The number of aromatic nitrogens is 3. The number of nitrogens with zero attached hydrogens (tertiary/aromatic N) is 4. The summed E-state index contributed by atoms with van der Waals surface area (Å²) in [6.07, 6.45) is 13.6. The van der Waals surface area contributed by atoms with Gasteiger partial charge in [0.25, 0.3) is 0 Å². The topological polar surface area (TPSA) is 43.2 Å². The predicted molar refractivity (Wildman–Crippen MR) is 97.3 cm³/mol. The lowest BCUT2D eigenvalue weighted by Crippen LogP contribution is -2.15. The van der Waals surface area contributed by atoms with Crippen LogP contribution in [0.15, 0.2) is 35.9 Å². The summed E-state index contributed by atoms with van der Waals surface area (Å²) in [6, 6.07) is 0. The SMILES string of the molecule is CCN(C=C(C)C)C(/C=C\Cc1nc2n(n1)CCCCC2)=C\OC. The summed E-state index contributed by atoms with van der Waals surface area (Å²) in [5.74, 6) is 2.05. The third-order valence-corrected chi connectivity index (χ3v) is 3.98. The molecule has 2 rings (SSSR count). The highest BCUT2D eigenvalue weighted by Crippen LogP contribution is 2.14. The van der Waals surface area contributed by atoms with Gasteiger partial charge < -0.3 is 9.64 Å². The number of likely N-dealkylation sites (N-methyl/N-ethyl adjacent to an activating group) is 1. The van der Waals surface area contributed by atoms with E-state index in [-0.39, 0.29) is 0 Å². The minimum absolute atomic E-state index is 0.743. The second-order valence-corrected chi connectivity index (χ2v) is 6.36. The van der Waals surface area contributed by atoms with E-state index in [0.717, 1.165) is 43.3 Å². The van der Waals surface area contributed by atoms with E-state index >= 15 is 0 Å². The van der Waals surface area contributed by atoms with Crippen molar-refractivity contribution in [3.05, 3.63) is 47.5 Å². The molecule has 0 amide bonds. The van der Waals surface area contributed by atoms with Crippen LogP contribution in [0.5, 0.6) is 0 Å². The maximum atomic E-state index is 5.23. The monoisotopic (exact) mass is 330 g/mol. The Balaban J connectivity index is 2.05. The molecule has 5 heteroatoms. The van der Waals surface area contributed by atoms with Crippen LogP contribution in [0.3, 0.4) is 0 Å². The number of allylic oxidation sites excluding steroid dienone is 3. The lowest BCUT2D eigenvalue weighted by Gasteiger charge is -2.20. The van der Waals surface area contributed by atoms with Crippen molar-refractivity contribution in [1.29, 1.82) is 0 Å². The van der Waals surface area contributed by atoms with Crippen LogP contribution in [0.4, 0.5) is 0 Å². The molecule has 0 aromatic carbocycles. The van der Waals surface area contributed by atoms with Crippen LogP contribution in [0.25, 0.3) is 0 Å². The van der Waals surface area contributed by atoms with Gasteiger partial charge in [-0.2, -0.15) is 5.10 Å². The third-order valence-electron chi connectivity index (χ3n) is 3.98. The summed E-state index contributed by atoms with van der Waals surface area (Å²) in [6.45, 7) is 8.22. The molecule has 1 aromatic rings. The van der Waals surface area contributed by atoms with Crippen LogP contribution in [-0.2, 0) is 24.1 Å². The Morgan fingerprint density at radius 1 is 1.29 bits per heavy atom. The van der Waals surface area contributed by atoms with E-state index in [1.165, 1.54) is 24.8 Å². The molecule has 132 valence electrons. The van der Waals surface area contributed by atoms with Crippen LogP contribution in [0.1, 0.15) is 51.7 Å². The van der Waals surface area contributed by atoms with Gasteiger partial charge in [-0.15, -0.1) is 0 Å². The molecular formula is C19H30N4O. The Morgan fingerprint density at radius 2 is 2.12 bits per heavy atom. The van der Waals surface area contributed by atoms with E-state index in [2.05, 4.69) is 53.8 Å². The molecule has 1 aromatic heterocycles. The summed E-state index contributed by atoms with van der Waals surface area (Å²) < 4.78 is 7.32. The zero-order valence-corrected chi connectivity index (χ0v) is 15.5. The van der Waals surface area contributed by atoms with Crippen molar-refractivity contribution >= 4 is 0 Å². The summed E-state index contributed by atoms with van der Waals surface area (Å²) in [5, 5.41) is 4.65. The molecule has 0 fully saturated rings. The molecular weight excluding hydrogens is 300 g/mol. The van der Waals surface area contributed by atoms with Crippen molar-refractivity contribution in [2.45, 2.75) is 59.4 Å². The van der Waals surface area contributed by atoms with E-state index in [0.29, 0.717) is 0 Å². The molecule has 0 saturated carbocycles. The normalized spacial score (nSPS) is 15.1. The van der Waals surface area contributed by atoms with E-state index in [1.807, 2.05) is 0 Å². The van der Waals surface area contributed by atoms with Crippen LogP contribution < -0.4 is 0 Å². The standard InChI is InChI=1S/C19H30N4O/c1-5-22(14-16(2)3)17(15-24-4)10-9-11-18-20-19-12-7-6-8-13-23(19)21-18/h9-10,14-15H,5-8,11-13H2,1-4H3/b10-9-,17-15-. The maximum absolute atomic E-state index is 5.23. The third kappa shape index (κ3) is 5.25. The van der Waals surface area contributed by atoms with Crippen molar-refractivity contribution in [2.24, 2.45) is 0 Å². The van der Waals surface area contributed by atoms with E-state index in [4.69, 9.17) is 9.72 Å². The van der Waals surface area contributed by atoms with Crippen molar-refractivity contribution in [2.75, 3.05) is 13.7 Å². The van der Waals surface area contributed by atoms with Crippen LogP contribution in [-0.4, -0.2) is 33.3 Å². The smallest absolute Gasteiger partial charge is 0.154 e. The zero-order chi connectivity index (χ0) is 17.4. The largest absolute Gasteiger partial charge is 0.502 e.